The number of benzene rings is 1. The summed E-state index contributed by atoms with van der Waals surface area (Å²) in [5, 5.41) is 0.576. The van der Waals surface area contributed by atoms with Gasteiger partial charge in [0, 0.05) is 18.3 Å². The molecule has 0 amide bonds. The Labute approximate surface area is 112 Å². The number of halogens is 1. The first-order valence-corrected chi connectivity index (χ1v) is 6.15. The van der Waals surface area contributed by atoms with Crippen molar-refractivity contribution >= 4 is 17.3 Å². The Bertz CT molecular complexity index is 502. The molecule has 0 aliphatic heterocycles. The minimum absolute atomic E-state index is 0.536. The molecule has 0 aliphatic rings. The van der Waals surface area contributed by atoms with Gasteiger partial charge in [0.25, 0.3) is 0 Å². The summed E-state index contributed by atoms with van der Waals surface area (Å²) in [6.07, 6.45) is 2.60. The third-order valence-electron chi connectivity index (χ3n) is 2.56. The summed E-state index contributed by atoms with van der Waals surface area (Å²) in [5.74, 6) is 0. The van der Waals surface area contributed by atoms with Gasteiger partial charge in [-0.1, -0.05) is 23.7 Å². The first-order chi connectivity index (χ1) is 8.75. The SMILES string of the molecule is Nc1cc(COCCc2ccccn2)ccc1Cl. The largest absolute Gasteiger partial charge is 0.398 e. The van der Waals surface area contributed by atoms with Gasteiger partial charge in [-0.05, 0) is 29.8 Å². The number of pyridine rings is 1. The van der Waals surface area contributed by atoms with Crippen LogP contribution >= 0.6 is 11.6 Å². The van der Waals surface area contributed by atoms with Crippen molar-refractivity contribution in [2.24, 2.45) is 0 Å². The maximum atomic E-state index is 5.85. The highest BCUT2D eigenvalue weighted by atomic mass is 35.5. The molecule has 0 unspecified atom stereocenters. The van der Waals surface area contributed by atoms with Crippen LogP contribution in [0.1, 0.15) is 11.3 Å². The Morgan fingerprint density at radius 2 is 2.11 bits per heavy atom. The van der Waals surface area contributed by atoms with Gasteiger partial charge in [-0.25, -0.2) is 0 Å². The number of hydrogen-bond donors (Lipinski definition) is 1. The van der Waals surface area contributed by atoms with Gasteiger partial charge in [0.15, 0.2) is 0 Å². The maximum Gasteiger partial charge on any atom is 0.0717 e. The van der Waals surface area contributed by atoms with Crippen LogP contribution in [0.25, 0.3) is 0 Å². The molecule has 0 saturated heterocycles. The van der Waals surface area contributed by atoms with Crippen LogP contribution in [-0.2, 0) is 17.8 Å². The zero-order chi connectivity index (χ0) is 12.8. The molecule has 0 radical (unpaired) electrons. The molecule has 1 aromatic heterocycles. The second-order valence-electron chi connectivity index (χ2n) is 3.98. The molecule has 2 N–H and O–H groups in total. The van der Waals surface area contributed by atoms with Crippen LogP contribution < -0.4 is 5.73 Å². The zero-order valence-corrected chi connectivity index (χ0v) is 10.7. The number of hydrogen-bond acceptors (Lipinski definition) is 3. The molecule has 0 bridgehead atoms. The van der Waals surface area contributed by atoms with E-state index in [1.807, 2.05) is 30.3 Å². The third kappa shape index (κ3) is 3.72. The van der Waals surface area contributed by atoms with Gasteiger partial charge in [0.1, 0.15) is 0 Å². The summed E-state index contributed by atoms with van der Waals surface area (Å²) < 4.78 is 5.58. The highest BCUT2D eigenvalue weighted by Crippen LogP contribution is 2.19. The summed E-state index contributed by atoms with van der Waals surface area (Å²) in [4.78, 5) is 4.23. The quantitative estimate of drug-likeness (QED) is 0.665. The van der Waals surface area contributed by atoms with Crippen molar-refractivity contribution in [2.45, 2.75) is 13.0 Å². The van der Waals surface area contributed by atoms with Crippen LogP contribution in [0.5, 0.6) is 0 Å². The highest BCUT2D eigenvalue weighted by molar-refractivity contribution is 6.33. The number of aromatic nitrogens is 1. The predicted octanol–water partition coefficient (Wildman–Crippen LogP) is 3.08. The molecule has 0 atom stereocenters. The third-order valence-corrected chi connectivity index (χ3v) is 2.90. The van der Waals surface area contributed by atoms with E-state index in [4.69, 9.17) is 22.1 Å². The van der Waals surface area contributed by atoms with E-state index in [9.17, 15) is 0 Å². The average molecular weight is 263 g/mol. The van der Waals surface area contributed by atoms with Crippen molar-refractivity contribution in [3.8, 4) is 0 Å². The molecule has 3 nitrogen and oxygen atoms in total. The molecule has 2 aromatic rings. The van der Waals surface area contributed by atoms with Gasteiger partial charge in [-0.15, -0.1) is 0 Å². The lowest BCUT2D eigenvalue weighted by molar-refractivity contribution is 0.123. The van der Waals surface area contributed by atoms with E-state index < -0.39 is 0 Å². The van der Waals surface area contributed by atoms with Crippen LogP contribution in [0.15, 0.2) is 42.6 Å². The van der Waals surface area contributed by atoms with E-state index in [0.29, 0.717) is 23.9 Å². The Kier molecular flexibility index (Phi) is 4.56. The number of nitrogens with two attached hydrogens (primary N) is 1. The molecule has 0 aliphatic carbocycles. The van der Waals surface area contributed by atoms with Crippen LogP contribution in [0.2, 0.25) is 5.02 Å². The fourth-order valence-electron chi connectivity index (χ4n) is 1.60. The minimum Gasteiger partial charge on any atom is -0.398 e. The van der Waals surface area contributed by atoms with Crippen LogP contribution in [0.4, 0.5) is 5.69 Å². The molecule has 4 heteroatoms. The summed E-state index contributed by atoms with van der Waals surface area (Å²) >= 11 is 5.85. The Morgan fingerprint density at radius 3 is 2.83 bits per heavy atom. The molecule has 0 spiro atoms. The molecule has 1 aromatic carbocycles. The van der Waals surface area contributed by atoms with Gasteiger partial charge in [0.2, 0.25) is 0 Å². The van der Waals surface area contributed by atoms with Crippen molar-refractivity contribution < 1.29 is 4.74 Å². The van der Waals surface area contributed by atoms with Crippen molar-refractivity contribution in [3.63, 3.8) is 0 Å². The number of nitrogens with zero attached hydrogens (tertiary/aromatic N) is 1. The van der Waals surface area contributed by atoms with E-state index in [1.54, 1.807) is 12.3 Å². The minimum atomic E-state index is 0.536. The predicted molar refractivity (Wildman–Crippen MR) is 73.5 cm³/mol. The standard InChI is InChI=1S/C14H15ClN2O/c15-13-5-4-11(9-14(13)16)10-18-8-6-12-3-1-2-7-17-12/h1-5,7,9H,6,8,10,16H2. The number of rotatable bonds is 5. The van der Waals surface area contributed by atoms with Crippen molar-refractivity contribution in [1.29, 1.82) is 0 Å². The Hall–Kier alpha value is -1.58. The summed E-state index contributed by atoms with van der Waals surface area (Å²) in [6, 6.07) is 11.4. The van der Waals surface area contributed by atoms with Crippen LogP contribution in [0, 0.1) is 0 Å². The van der Waals surface area contributed by atoms with Gasteiger partial charge >= 0.3 is 0 Å². The normalized spacial score (nSPS) is 10.5. The van der Waals surface area contributed by atoms with Crippen molar-refractivity contribution in [1.82, 2.24) is 4.98 Å². The summed E-state index contributed by atoms with van der Waals surface area (Å²) in [6.45, 7) is 1.17. The number of anilines is 1. The highest BCUT2D eigenvalue weighted by Gasteiger charge is 1.99. The molecule has 0 saturated carbocycles. The average Bonchev–Trinajstić information content (AvgIpc) is 2.40. The number of nitrogen functional groups attached to an aromatic ring is 1. The Morgan fingerprint density at radius 1 is 1.22 bits per heavy atom. The monoisotopic (exact) mass is 262 g/mol. The van der Waals surface area contributed by atoms with Gasteiger partial charge in [-0.3, -0.25) is 4.98 Å². The lowest BCUT2D eigenvalue weighted by Gasteiger charge is -2.06. The van der Waals surface area contributed by atoms with Gasteiger partial charge < -0.3 is 10.5 Å². The lowest BCUT2D eigenvalue weighted by atomic mass is 10.2. The molecule has 1 heterocycles. The van der Waals surface area contributed by atoms with Crippen LogP contribution in [0.3, 0.4) is 0 Å². The van der Waals surface area contributed by atoms with Crippen LogP contribution in [-0.4, -0.2) is 11.6 Å². The molecule has 2 rings (SSSR count). The second-order valence-corrected chi connectivity index (χ2v) is 4.39. The summed E-state index contributed by atoms with van der Waals surface area (Å²) in [7, 11) is 0. The Balaban J connectivity index is 1.77. The fraction of sp³-hybridized carbons (Fsp3) is 0.214. The fourth-order valence-corrected chi connectivity index (χ4v) is 1.71. The van der Waals surface area contributed by atoms with E-state index in [-0.39, 0.29) is 0 Å². The molecule has 0 fully saturated rings. The summed E-state index contributed by atoms with van der Waals surface area (Å²) in [5.41, 5.74) is 8.37. The number of ether oxygens (including phenoxy) is 1. The van der Waals surface area contributed by atoms with E-state index in [2.05, 4.69) is 4.98 Å². The molecule has 18 heavy (non-hydrogen) atoms. The van der Waals surface area contributed by atoms with Gasteiger partial charge in [0.05, 0.1) is 23.9 Å². The smallest absolute Gasteiger partial charge is 0.0717 e. The van der Waals surface area contributed by atoms with E-state index >= 15 is 0 Å². The van der Waals surface area contributed by atoms with E-state index in [1.165, 1.54) is 0 Å². The molecule has 94 valence electrons. The van der Waals surface area contributed by atoms with Gasteiger partial charge in [-0.2, -0.15) is 0 Å². The van der Waals surface area contributed by atoms with Crippen molar-refractivity contribution in [3.05, 3.63) is 58.9 Å². The van der Waals surface area contributed by atoms with Crippen molar-refractivity contribution in [2.75, 3.05) is 12.3 Å². The zero-order valence-electron chi connectivity index (χ0n) is 9.97. The first-order valence-electron chi connectivity index (χ1n) is 5.77. The first kappa shape index (κ1) is 12.9. The molecular weight excluding hydrogens is 248 g/mol. The topological polar surface area (TPSA) is 48.1 Å². The lowest BCUT2D eigenvalue weighted by Crippen LogP contribution is -2.01. The second kappa shape index (κ2) is 6.38. The maximum absolute atomic E-state index is 5.85. The molecular formula is C14H15ClN2O. The van der Waals surface area contributed by atoms with E-state index in [0.717, 1.165) is 17.7 Å².